The Morgan fingerprint density at radius 2 is 1.86 bits per heavy atom. The van der Waals surface area contributed by atoms with Crippen LogP contribution in [0.4, 0.5) is 20.6 Å². The number of para-hydroxylation sites is 1. The van der Waals surface area contributed by atoms with E-state index in [0.29, 0.717) is 43.0 Å². The van der Waals surface area contributed by atoms with Gasteiger partial charge < -0.3 is 20.4 Å². The summed E-state index contributed by atoms with van der Waals surface area (Å²) in [6.45, 7) is 0.859. The second kappa shape index (κ2) is 7.90. The number of nitrogens with one attached hydrogen (secondary N) is 2. The van der Waals surface area contributed by atoms with Gasteiger partial charge in [-0.2, -0.15) is 0 Å². The molecule has 150 valence electrons. The number of carbonyl (C=O) groups excluding carboxylic acids is 2. The Bertz CT molecular complexity index is 950. The molecule has 0 bridgehead atoms. The fourth-order valence-electron chi connectivity index (χ4n) is 3.63. The minimum Gasteiger partial charge on any atom is -0.386 e. The van der Waals surface area contributed by atoms with Crippen molar-refractivity contribution in [3.63, 3.8) is 0 Å². The number of rotatable bonds is 3. The summed E-state index contributed by atoms with van der Waals surface area (Å²) in [6, 6.07) is 14.5. The van der Waals surface area contributed by atoms with E-state index in [1.54, 1.807) is 23.1 Å². The predicted molar refractivity (Wildman–Crippen MR) is 107 cm³/mol. The van der Waals surface area contributed by atoms with Gasteiger partial charge in [-0.05, 0) is 43.2 Å². The zero-order chi connectivity index (χ0) is 20.3. The number of hydrogen-bond donors (Lipinski definition) is 2. The molecule has 2 aromatic carbocycles. The van der Waals surface area contributed by atoms with Gasteiger partial charge in [0.05, 0.1) is 6.54 Å². The van der Waals surface area contributed by atoms with Gasteiger partial charge in [0.1, 0.15) is 11.5 Å². The first-order valence-corrected chi connectivity index (χ1v) is 9.46. The van der Waals surface area contributed by atoms with Crippen molar-refractivity contribution in [2.45, 2.75) is 24.9 Å². The lowest BCUT2D eigenvalue weighted by Gasteiger charge is -2.38. The molecule has 1 saturated heterocycles. The Hall–Kier alpha value is -3.42. The number of nitrogens with zero attached hydrogens (tertiary/aromatic N) is 2. The highest BCUT2D eigenvalue weighted by Crippen LogP contribution is 2.34. The van der Waals surface area contributed by atoms with Gasteiger partial charge in [-0.25, -0.2) is 9.18 Å². The molecule has 0 aromatic heterocycles. The highest BCUT2D eigenvalue weighted by Gasteiger charge is 2.45. The summed E-state index contributed by atoms with van der Waals surface area (Å²) >= 11 is 0. The lowest BCUT2D eigenvalue weighted by atomic mass is 9.88. The van der Waals surface area contributed by atoms with Crippen LogP contribution in [-0.2, 0) is 9.63 Å². The number of hydrogen-bond acceptors (Lipinski definition) is 4. The van der Waals surface area contributed by atoms with Crippen LogP contribution in [0.15, 0.2) is 59.8 Å². The molecule has 0 radical (unpaired) electrons. The molecule has 2 aliphatic heterocycles. The molecule has 7 nitrogen and oxygen atoms in total. The van der Waals surface area contributed by atoms with Crippen molar-refractivity contribution in [2.24, 2.45) is 5.16 Å². The van der Waals surface area contributed by atoms with E-state index in [1.807, 2.05) is 18.2 Å². The molecule has 1 atom stereocenters. The number of halogens is 1. The molecule has 2 aliphatic rings. The second-order valence-corrected chi connectivity index (χ2v) is 7.27. The molecule has 2 N–H and O–H groups in total. The van der Waals surface area contributed by atoms with Crippen molar-refractivity contribution in [1.82, 2.24) is 4.90 Å². The topological polar surface area (TPSA) is 83.0 Å². The first-order chi connectivity index (χ1) is 14.0. The highest BCUT2D eigenvalue weighted by atomic mass is 19.1. The number of benzene rings is 2. The Kier molecular flexibility index (Phi) is 5.16. The van der Waals surface area contributed by atoms with Gasteiger partial charge >= 0.3 is 6.03 Å². The van der Waals surface area contributed by atoms with Crippen molar-refractivity contribution in [2.75, 3.05) is 23.7 Å². The number of urea groups is 1. The Balaban J connectivity index is 1.37. The van der Waals surface area contributed by atoms with E-state index in [9.17, 15) is 14.0 Å². The standard InChI is InChI=1S/C21H21FN4O3/c22-15-6-4-9-17(12-15)24-20(28)26-11-5-10-21(14-26)13-18(25-29-21)19(27)23-16-7-2-1-3-8-16/h1-4,6-9,12H,5,10-11,13-14H2,(H,23,27)(H,24,28). The largest absolute Gasteiger partial charge is 0.386 e. The second-order valence-electron chi connectivity index (χ2n) is 7.27. The third-order valence-corrected chi connectivity index (χ3v) is 5.04. The van der Waals surface area contributed by atoms with Crippen LogP contribution >= 0.6 is 0 Å². The number of oxime groups is 1. The van der Waals surface area contributed by atoms with E-state index >= 15 is 0 Å². The maximum atomic E-state index is 13.3. The molecule has 3 amide bonds. The van der Waals surface area contributed by atoms with Gasteiger partial charge in [0.15, 0.2) is 5.60 Å². The van der Waals surface area contributed by atoms with E-state index in [2.05, 4.69) is 15.8 Å². The predicted octanol–water partition coefficient (Wildman–Crippen LogP) is 3.61. The number of carbonyl (C=O) groups is 2. The van der Waals surface area contributed by atoms with Crippen LogP contribution in [0.2, 0.25) is 0 Å². The van der Waals surface area contributed by atoms with Crippen LogP contribution in [0, 0.1) is 5.82 Å². The minimum atomic E-state index is -0.707. The van der Waals surface area contributed by atoms with Crippen LogP contribution in [0.25, 0.3) is 0 Å². The first kappa shape index (κ1) is 18.9. The SMILES string of the molecule is O=C(Nc1ccccc1)C1=NOC2(CCCN(C(=O)Nc3cccc(F)c3)C2)C1. The van der Waals surface area contributed by atoms with Crippen molar-refractivity contribution in [3.8, 4) is 0 Å². The van der Waals surface area contributed by atoms with E-state index in [-0.39, 0.29) is 11.9 Å². The van der Waals surface area contributed by atoms with Crippen LogP contribution in [0.3, 0.4) is 0 Å². The summed E-state index contributed by atoms with van der Waals surface area (Å²) in [7, 11) is 0. The third kappa shape index (κ3) is 4.37. The molecular weight excluding hydrogens is 375 g/mol. The van der Waals surface area contributed by atoms with E-state index in [1.165, 1.54) is 18.2 Å². The van der Waals surface area contributed by atoms with Gasteiger partial charge in [-0.3, -0.25) is 4.79 Å². The zero-order valence-corrected chi connectivity index (χ0v) is 15.7. The maximum absolute atomic E-state index is 13.3. The number of anilines is 2. The fourth-order valence-corrected chi connectivity index (χ4v) is 3.63. The van der Waals surface area contributed by atoms with Crippen molar-refractivity contribution >= 4 is 29.0 Å². The molecule has 2 heterocycles. The Morgan fingerprint density at radius 1 is 1.07 bits per heavy atom. The van der Waals surface area contributed by atoms with Gasteiger partial charge in [-0.1, -0.05) is 29.4 Å². The van der Waals surface area contributed by atoms with Gasteiger partial charge in [0.2, 0.25) is 0 Å². The molecule has 1 spiro atoms. The molecule has 2 aromatic rings. The van der Waals surface area contributed by atoms with Crippen molar-refractivity contribution in [3.05, 3.63) is 60.4 Å². The summed E-state index contributed by atoms with van der Waals surface area (Å²) < 4.78 is 13.3. The molecule has 1 unspecified atom stereocenters. The summed E-state index contributed by atoms with van der Waals surface area (Å²) in [5.74, 6) is -0.728. The van der Waals surface area contributed by atoms with Crippen molar-refractivity contribution in [1.29, 1.82) is 0 Å². The van der Waals surface area contributed by atoms with E-state index in [4.69, 9.17) is 4.84 Å². The van der Waals surface area contributed by atoms with Gasteiger partial charge in [0, 0.05) is 24.3 Å². The van der Waals surface area contributed by atoms with Gasteiger partial charge in [0.25, 0.3) is 5.91 Å². The normalized spacial score (nSPS) is 20.7. The average Bonchev–Trinajstić information content (AvgIpc) is 3.12. The third-order valence-electron chi connectivity index (χ3n) is 5.04. The van der Waals surface area contributed by atoms with Gasteiger partial charge in [-0.15, -0.1) is 0 Å². The first-order valence-electron chi connectivity index (χ1n) is 9.46. The summed E-state index contributed by atoms with van der Waals surface area (Å²) in [5.41, 5.74) is 0.671. The molecule has 1 fully saturated rings. The minimum absolute atomic E-state index is 0.305. The molecule has 0 aliphatic carbocycles. The van der Waals surface area contributed by atoms with Crippen molar-refractivity contribution < 1.29 is 18.8 Å². The summed E-state index contributed by atoms with van der Waals surface area (Å²) in [6.07, 6.45) is 1.75. The summed E-state index contributed by atoms with van der Waals surface area (Å²) in [5, 5.41) is 9.49. The quantitative estimate of drug-likeness (QED) is 0.831. The Labute approximate surface area is 167 Å². The zero-order valence-electron chi connectivity index (χ0n) is 15.7. The maximum Gasteiger partial charge on any atom is 0.321 e. The number of piperidine rings is 1. The molecule has 8 heteroatoms. The van der Waals surface area contributed by atoms with E-state index < -0.39 is 11.4 Å². The number of amides is 3. The number of likely N-dealkylation sites (tertiary alicyclic amines) is 1. The summed E-state index contributed by atoms with van der Waals surface area (Å²) in [4.78, 5) is 32.3. The lowest BCUT2D eigenvalue weighted by molar-refractivity contribution is -0.110. The Morgan fingerprint density at radius 3 is 2.66 bits per heavy atom. The van der Waals surface area contributed by atoms with E-state index in [0.717, 1.165) is 6.42 Å². The molecular formula is C21H21FN4O3. The van der Waals surface area contributed by atoms with Crippen LogP contribution in [0.1, 0.15) is 19.3 Å². The monoisotopic (exact) mass is 396 g/mol. The fraction of sp³-hybridized carbons (Fsp3) is 0.286. The molecule has 0 saturated carbocycles. The molecule has 29 heavy (non-hydrogen) atoms. The van der Waals surface area contributed by atoms with Crippen LogP contribution < -0.4 is 10.6 Å². The average molecular weight is 396 g/mol. The van der Waals surface area contributed by atoms with Crippen LogP contribution in [-0.4, -0.2) is 41.2 Å². The lowest BCUT2D eigenvalue weighted by Crippen LogP contribution is -2.52. The molecule has 4 rings (SSSR count). The highest BCUT2D eigenvalue weighted by molar-refractivity contribution is 6.43. The smallest absolute Gasteiger partial charge is 0.321 e. The van der Waals surface area contributed by atoms with Crippen LogP contribution in [0.5, 0.6) is 0 Å².